The van der Waals surface area contributed by atoms with Crippen LogP contribution in [0.4, 0.5) is 0 Å². The topological polar surface area (TPSA) is 65.0 Å². The lowest BCUT2D eigenvalue weighted by Crippen LogP contribution is -2.21. The van der Waals surface area contributed by atoms with Crippen LogP contribution < -0.4 is 0 Å². The molecule has 6 heteroatoms. The Morgan fingerprint density at radius 1 is 1.64 bits per heavy atom. The average Bonchev–Trinajstić information content (AvgIpc) is 1.97. The highest BCUT2D eigenvalue weighted by atomic mass is 17.2. The number of hydrogen-bond acceptors (Lipinski definition) is 5. The van der Waals surface area contributed by atoms with E-state index in [0.29, 0.717) is 0 Å². The standard InChI is InChI=1S/C5H9BO5/c1-3-4-9-6(8)11-10-5(2)7/h3-4,8H,1-2H3. The Hall–Kier alpha value is -1.01. The molecule has 1 N–H and O–H groups in total. The number of allylic oxidation sites excluding steroid dienone is 1. The Bertz CT molecular complexity index is 146. The minimum atomic E-state index is -1.57. The molecule has 0 amide bonds. The number of hydrogen-bond donors (Lipinski definition) is 1. The molecule has 0 aromatic heterocycles. The van der Waals surface area contributed by atoms with Crippen molar-refractivity contribution < 1.29 is 24.2 Å². The van der Waals surface area contributed by atoms with Crippen LogP contribution in [0.2, 0.25) is 0 Å². The highest BCUT2D eigenvalue weighted by molar-refractivity contribution is 6.34. The summed E-state index contributed by atoms with van der Waals surface area (Å²) in [6.07, 6.45) is 2.74. The summed E-state index contributed by atoms with van der Waals surface area (Å²) in [5, 5.41) is 8.66. The highest BCUT2D eigenvalue weighted by Crippen LogP contribution is 1.87. The summed E-state index contributed by atoms with van der Waals surface area (Å²) in [6, 6.07) is 0. The van der Waals surface area contributed by atoms with E-state index in [1.807, 2.05) is 0 Å². The predicted octanol–water partition coefficient (Wildman–Crippen LogP) is 0.00850. The molecule has 0 saturated carbocycles. The van der Waals surface area contributed by atoms with E-state index < -0.39 is 13.3 Å². The zero-order chi connectivity index (χ0) is 8.69. The molecule has 0 heterocycles. The third-order valence-corrected chi connectivity index (χ3v) is 0.579. The van der Waals surface area contributed by atoms with Crippen LogP contribution in [0.25, 0.3) is 0 Å². The molecule has 5 nitrogen and oxygen atoms in total. The molecule has 11 heavy (non-hydrogen) atoms. The van der Waals surface area contributed by atoms with Crippen molar-refractivity contribution in [2.75, 3.05) is 0 Å². The summed E-state index contributed by atoms with van der Waals surface area (Å²) in [6.45, 7) is 2.83. The third kappa shape index (κ3) is 6.89. The first-order chi connectivity index (χ1) is 5.16. The lowest BCUT2D eigenvalue weighted by atomic mass is 10.3. The van der Waals surface area contributed by atoms with Gasteiger partial charge in [-0.15, -0.1) is 0 Å². The molecule has 0 bridgehead atoms. The average molecular weight is 160 g/mol. The van der Waals surface area contributed by atoms with E-state index in [1.54, 1.807) is 13.0 Å². The van der Waals surface area contributed by atoms with Crippen molar-refractivity contribution in [3.8, 4) is 0 Å². The van der Waals surface area contributed by atoms with Crippen molar-refractivity contribution in [2.24, 2.45) is 0 Å². The van der Waals surface area contributed by atoms with E-state index in [0.717, 1.165) is 6.92 Å². The third-order valence-electron chi connectivity index (χ3n) is 0.579. The first kappa shape index (κ1) is 9.99. The van der Waals surface area contributed by atoms with E-state index in [2.05, 4.69) is 14.3 Å². The van der Waals surface area contributed by atoms with Crippen LogP contribution in [0.3, 0.4) is 0 Å². The van der Waals surface area contributed by atoms with Gasteiger partial charge in [-0.1, -0.05) is 6.08 Å². The van der Waals surface area contributed by atoms with E-state index in [9.17, 15) is 4.79 Å². The number of carbonyl (C=O) groups excluding carboxylic acids is 1. The van der Waals surface area contributed by atoms with Crippen molar-refractivity contribution >= 4 is 13.3 Å². The summed E-state index contributed by atoms with van der Waals surface area (Å²) < 4.78 is 4.42. The lowest BCUT2D eigenvalue weighted by molar-refractivity contribution is -0.227. The summed E-state index contributed by atoms with van der Waals surface area (Å²) in [5.41, 5.74) is 0. The Balaban J connectivity index is 3.36. The second kappa shape index (κ2) is 5.76. The molecule has 0 aromatic carbocycles. The molecule has 0 aliphatic heterocycles. The molecule has 0 aromatic rings. The largest absolute Gasteiger partial charge is 0.748 e. The van der Waals surface area contributed by atoms with Gasteiger partial charge >= 0.3 is 13.3 Å². The Labute approximate surface area is 64.7 Å². The molecule has 0 aliphatic rings. The second-order valence-electron chi connectivity index (χ2n) is 1.58. The fraction of sp³-hybridized carbons (Fsp3) is 0.400. The fourth-order valence-corrected chi connectivity index (χ4v) is 0.277. The van der Waals surface area contributed by atoms with Crippen LogP contribution in [0, 0.1) is 0 Å². The van der Waals surface area contributed by atoms with Gasteiger partial charge in [-0.3, -0.25) is 0 Å². The van der Waals surface area contributed by atoms with Gasteiger partial charge in [-0.05, 0) is 6.92 Å². The van der Waals surface area contributed by atoms with Gasteiger partial charge in [0.15, 0.2) is 0 Å². The fourth-order valence-electron chi connectivity index (χ4n) is 0.277. The molecule has 0 fully saturated rings. The highest BCUT2D eigenvalue weighted by Gasteiger charge is 2.18. The van der Waals surface area contributed by atoms with Crippen molar-refractivity contribution in [2.45, 2.75) is 13.8 Å². The maximum atomic E-state index is 10.1. The van der Waals surface area contributed by atoms with Crippen LogP contribution in [0.1, 0.15) is 13.8 Å². The molecular formula is C5H9BO5. The Kier molecular flexibility index (Phi) is 5.23. The molecule has 0 saturated heterocycles. The van der Waals surface area contributed by atoms with Gasteiger partial charge in [0, 0.05) is 6.92 Å². The maximum Gasteiger partial charge on any atom is 0.748 e. The SMILES string of the molecule is CC=COB(O)OOC(C)=O. The van der Waals surface area contributed by atoms with E-state index in [4.69, 9.17) is 5.02 Å². The first-order valence-electron chi connectivity index (χ1n) is 2.95. The van der Waals surface area contributed by atoms with Crippen molar-refractivity contribution in [3.63, 3.8) is 0 Å². The summed E-state index contributed by atoms with van der Waals surface area (Å²) in [4.78, 5) is 18.1. The summed E-state index contributed by atoms with van der Waals surface area (Å²) in [7, 11) is -1.57. The van der Waals surface area contributed by atoms with Gasteiger partial charge in [0.05, 0.1) is 6.26 Å². The van der Waals surface area contributed by atoms with Crippen molar-refractivity contribution in [3.05, 3.63) is 12.3 Å². The van der Waals surface area contributed by atoms with Crippen LogP contribution in [-0.4, -0.2) is 18.3 Å². The molecule has 0 radical (unpaired) electrons. The zero-order valence-corrected chi connectivity index (χ0v) is 6.31. The van der Waals surface area contributed by atoms with Gasteiger partial charge in [-0.2, -0.15) is 4.81 Å². The van der Waals surface area contributed by atoms with Crippen molar-refractivity contribution in [1.29, 1.82) is 0 Å². The zero-order valence-electron chi connectivity index (χ0n) is 6.31. The Morgan fingerprint density at radius 3 is 2.73 bits per heavy atom. The van der Waals surface area contributed by atoms with Gasteiger partial charge in [0.2, 0.25) is 0 Å². The van der Waals surface area contributed by atoms with E-state index in [-0.39, 0.29) is 0 Å². The predicted molar refractivity (Wildman–Crippen MR) is 36.7 cm³/mol. The molecule has 0 spiro atoms. The number of rotatable bonds is 4. The van der Waals surface area contributed by atoms with Gasteiger partial charge in [0.25, 0.3) is 0 Å². The van der Waals surface area contributed by atoms with E-state index in [1.165, 1.54) is 6.26 Å². The molecular weight excluding hydrogens is 151 g/mol. The maximum absolute atomic E-state index is 10.1. The van der Waals surface area contributed by atoms with Crippen molar-refractivity contribution in [1.82, 2.24) is 0 Å². The first-order valence-corrected chi connectivity index (χ1v) is 2.95. The molecule has 0 atom stereocenters. The van der Waals surface area contributed by atoms with Crippen LogP contribution in [0.5, 0.6) is 0 Å². The minimum absolute atomic E-state index is 0.659. The number of carbonyl (C=O) groups is 1. The summed E-state index contributed by atoms with van der Waals surface area (Å²) >= 11 is 0. The molecule has 0 aliphatic carbocycles. The van der Waals surface area contributed by atoms with Gasteiger partial charge in [0.1, 0.15) is 0 Å². The minimum Gasteiger partial charge on any atom is -0.517 e. The Morgan fingerprint density at radius 2 is 2.27 bits per heavy atom. The van der Waals surface area contributed by atoms with Gasteiger partial charge in [-0.25, -0.2) is 4.79 Å². The van der Waals surface area contributed by atoms with Crippen LogP contribution in [0.15, 0.2) is 12.3 Å². The second-order valence-corrected chi connectivity index (χ2v) is 1.58. The smallest absolute Gasteiger partial charge is 0.517 e. The van der Waals surface area contributed by atoms with Crippen LogP contribution >= 0.6 is 0 Å². The van der Waals surface area contributed by atoms with Crippen LogP contribution in [-0.2, 0) is 19.1 Å². The lowest BCUT2D eigenvalue weighted by Gasteiger charge is -2.02. The van der Waals surface area contributed by atoms with E-state index >= 15 is 0 Å². The normalized spacial score (nSPS) is 9.73. The quantitative estimate of drug-likeness (QED) is 0.271. The molecule has 62 valence electrons. The monoisotopic (exact) mass is 160 g/mol. The molecule has 0 rings (SSSR count). The van der Waals surface area contributed by atoms with Gasteiger partial charge < -0.3 is 14.6 Å². The summed E-state index contributed by atoms with van der Waals surface area (Å²) in [5.74, 6) is -0.659. The molecule has 0 unspecified atom stereocenters.